The first kappa shape index (κ1) is 66.1. The predicted octanol–water partition coefficient (Wildman–Crippen LogP) is 21.7. The van der Waals surface area contributed by atoms with Gasteiger partial charge in [0, 0.05) is 11.1 Å². The van der Waals surface area contributed by atoms with Crippen LogP contribution in [0.25, 0.3) is 11.4 Å². The number of carbonyl (C=O) groups excluding carboxylic acids is 2. The summed E-state index contributed by atoms with van der Waals surface area (Å²) < 4.78 is 25.5. The molecule has 0 spiro atoms. The SMILES string of the molecule is CCCCCCCCCCCCOc1ccc(C(=O)c2ccc(-c3ccc(C(=O)c4ccc(OCCCCCCCCCCCC)c(OCCCCCCCCCCCC)c4)[nH]3)[nH]2)cc1OCCCCCCCCCCCC. The fourth-order valence-electron chi connectivity index (χ4n) is 10.5. The molecule has 78 heavy (non-hydrogen) atoms. The quantitative estimate of drug-likeness (QED) is 0.0337. The number of unbranched alkanes of at least 4 members (excludes halogenated alkanes) is 36. The predicted molar refractivity (Wildman–Crippen MR) is 330 cm³/mol. The van der Waals surface area contributed by atoms with Crippen LogP contribution in [0.1, 0.15) is 317 Å². The fourth-order valence-corrected chi connectivity index (χ4v) is 10.5. The molecule has 8 heteroatoms. The number of nitrogens with one attached hydrogen (secondary N) is 2. The molecule has 0 radical (unpaired) electrons. The lowest BCUT2D eigenvalue weighted by Crippen LogP contribution is -2.06. The average molecular weight is 1080 g/mol. The molecule has 4 aromatic rings. The van der Waals surface area contributed by atoms with Crippen molar-refractivity contribution in [2.75, 3.05) is 26.4 Å². The molecule has 438 valence electrons. The zero-order chi connectivity index (χ0) is 55.4. The molecule has 0 aliphatic rings. The lowest BCUT2D eigenvalue weighted by Gasteiger charge is -2.14. The van der Waals surface area contributed by atoms with E-state index in [1.54, 1.807) is 0 Å². The molecule has 2 N–H and O–H groups in total. The van der Waals surface area contributed by atoms with Crippen LogP contribution >= 0.6 is 0 Å². The van der Waals surface area contributed by atoms with Gasteiger partial charge in [-0.1, -0.05) is 259 Å². The minimum atomic E-state index is -0.130. The van der Waals surface area contributed by atoms with Crippen LogP contribution in [0.15, 0.2) is 60.7 Å². The highest BCUT2D eigenvalue weighted by Crippen LogP contribution is 2.33. The summed E-state index contributed by atoms with van der Waals surface area (Å²) in [5.74, 6) is 2.40. The number of ketones is 2. The number of aromatic amines is 2. The third kappa shape index (κ3) is 28.6. The lowest BCUT2D eigenvalue weighted by molar-refractivity contribution is 0.102. The molecule has 0 fully saturated rings. The van der Waals surface area contributed by atoms with Crippen LogP contribution in [0, 0.1) is 0 Å². The Labute approximate surface area is 476 Å². The Hall–Kier alpha value is -4.46. The topological polar surface area (TPSA) is 103 Å². The van der Waals surface area contributed by atoms with Crippen LogP contribution in [0.3, 0.4) is 0 Å². The van der Waals surface area contributed by atoms with Crippen molar-refractivity contribution in [3.8, 4) is 34.4 Å². The van der Waals surface area contributed by atoms with Crippen molar-refractivity contribution in [2.45, 2.75) is 285 Å². The minimum Gasteiger partial charge on any atom is -0.490 e. The zero-order valence-corrected chi connectivity index (χ0v) is 50.3. The number of benzene rings is 2. The summed E-state index contributed by atoms with van der Waals surface area (Å²) in [6.45, 7) is 11.5. The Bertz CT molecular complexity index is 1950. The molecular weight excluding hydrogens is 965 g/mol. The van der Waals surface area contributed by atoms with Crippen molar-refractivity contribution >= 4 is 11.6 Å². The lowest BCUT2D eigenvalue weighted by atomic mass is 10.1. The van der Waals surface area contributed by atoms with E-state index in [0.29, 0.717) is 71.9 Å². The molecule has 2 aromatic carbocycles. The van der Waals surface area contributed by atoms with Crippen molar-refractivity contribution in [1.29, 1.82) is 0 Å². The van der Waals surface area contributed by atoms with Gasteiger partial charge in [-0.15, -0.1) is 0 Å². The molecule has 0 atom stereocenters. The summed E-state index contributed by atoms with van der Waals surface area (Å²) in [6.07, 6.45) is 50.7. The number of hydrogen-bond donors (Lipinski definition) is 2. The summed E-state index contributed by atoms with van der Waals surface area (Å²) in [5, 5.41) is 0. The van der Waals surface area contributed by atoms with Crippen molar-refractivity contribution < 1.29 is 28.5 Å². The number of hydrogen-bond acceptors (Lipinski definition) is 6. The van der Waals surface area contributed by atoms with E-state index >= 15 is 0 Å². The van der Waals surface area contributed by atoms with E-state index in [2.05, 4.69) is 37.7 Å². The summed E-state index contributed by atoms with van der Waals surface area (Å²) in [4.78, 5) is 34.8. The van der Waals surface area contributed by atoms with Gasteiger partial charge in [-0.25, -0.2) is 0 Å². The second kappa shape index (κ2) is 44.3. The van der Waals surface area contributed by atoms with Crippen molar-refractivity contribution in [1.82, 2.24) is 9.97 Å². The minimum absolute atomic E-state index is 0.130. The van der Waals surface area contributed by atoms with Crippen LogP contribution in [0.5, 0.6) is 23.0 Å². The van der Waals surface area contributed by atoms with E-state index in [0.717, 1.165) is 62.8 Å². The van der Waals surface area contributed by atoms with Gasteiger partial charge in [0.15, 0.2) is 23.0 Å². The molecule has 0 aliphatic carbocycles. The molecule has 0 bridgehead atoms. The maximum absolute atomic E-state index is 14.1. The van der Waals surface area contributed by atoms with E-state index in [4.69, 9.17) is 18.9 Å². The molecule has 0 amide bonds. The van der Waals surface area contributed by atoms with E-state index in [-0.39, 0.29) is 11.6 Å². The van der Waals surface area contributed by atoms with Crippen molar-refractivity contribution in [2.24, 2.45) is 0 Å². The summed E-state index contributed by atoms with van der Waals surface area (Å²) in [6, 6.07) is 18.6. The molecule has 2 aromatic heterocycles. The van der Waals surface area contributed by atoms with Crippen LogP contribution in [-0.4, -0.2) is 48.0 Å². The number of rotatable bonds is 53. The van der Waals surface area contributed by atoms with Gasteiger partial charge in [0.25, 0.3) is 0 Å². The van der Waals surface area contributed by atoms with Gasteiger partial charge in [0.05, 0.1) is 49.2 Å². The zero-order valence-electron chi connectivity index (χ0n) is 50.3. The monoisotopic (exact) mass is 1080 g/mol. The molecule has 8 nitrogen and oxygen atoms in total. The second-order valence-electron chi connectivity index (χ2n) is 22.7. The normalized spacial score (nSPS) is 11.4. The number of aromatic nitrogens is 2. The summed E-state index contributed by atoms with van der Waals surface area (Å²) >= 11 is 0. The molecule has 2 heterocycles. The molecule has 0 unspecified atom stereocenters. The Balaban J connectivity index is 1.35. The third-order valence-electron chi connectivity index (χ3n) is 15.6. The first-order valence-electron chi connectivity index (χ1n) is 32.8. The van der Waals surface area contributed by atoms with Crippen LogP contribution in [-0.2, 0) is 0 Å². The molecule has 0 aliphatic heterocycles. The van der Waals surface area contributed by atoms with Gasteiger partial charge in [-0.2, -0.15) is 0 Å². The summed E-state index contributed by atoms with van der Waals surface area (Å²) in [7, 11) is 0. The largest absolute Gasteiger partial charge is 0.490 e. The first-order valence-corrected chi connectivity index (χ1v) is 32.8. The Morgan fingerprint density at radius 1 is 0.282 bits per heavy atom. The fraction of sp³-hybridized carbons (Fsp3) is 0.686. The first-order chi connectivity index (χ1) is 38.5. The molecule has 0 saturated carbocycles. The van der Waals surface area contributed by atoms with Gasteiger partial charge in [-0.05, 0) is 86.3 Å². The van der Waals surface area contributed by atoms with E-state index in [9.17, 15) is 9.59 Å². The van der Waals surface area contributed by atoms with Gasteiger partial charge in [-0.3, -0.25) is 9.59 Å². The van der Waals surface area contributed by atoms with Gasteiger partial charge in [0.1, 0.15) is 0 Å². The van der Waals surface area contributed by atoms with E-state index < -0.39 is 0 Å². The second-order valence-corrected chi connectivity index (χ2v) is 22.7. The van der Waals surface area contributed by atoms with Crippen LogP contribution < -0.4 is 18.9 Å². The van der Waals surface area contributed by atoms with Gasteiger partial charge in [0.2, 0.25) is 11.6 Å². The maximum atomic E-state index is 14.1. The standard InChI is InChI=1S/C70H112N2O6/c1-5-9-13-17-21-25-29-33-37-41-53-75-65-51-45-59(57-67(65)77-55-43-39-35-31-27-23-19-15-11-7-3)69(73)63-49-47-61(71-63)62-48-50-64(72-62)70(74)60-46-52-66(76-54-42-38-34-30-26-22-18-14-10-6-2)68(58-60)78-56-44-40-36-32-28-24-20-16-12-8-4/h45-52,57-58,71-72H,5-44,53-56H2,1-4H3. The van der Waals surface area contributed by atoms with Crippen molar-refractivity contribution in [3.05, 3.63) is 83.2 Å². The Morgan fingerprint density at radius 2 is 0.513 bits per heavy atom. The molecule has 0 saturated heterocycles. The Kier molecular flexibility index (Phi) is 37.5. The maximum Gasteiger partial charge on any atom is 0.209 e. The van der Waals surface area contributed by atoms with E-state index in [1.165, 1.54) is 205 Å². The number of carbonyl (C=O) groups is 2. The van der Waals surface area contributed by atoms with Gasteiger partial charge < -0.3 is 28.9 Å². The van der Waals surface area contributed by atoms with Crippen molar-refractivity contribution in [3.63, 3.8) is 0 Å². The molecular formula is C70H112N2O6. The Morgan fingerprint density at radius 3 is 0.769 bits per heavy atom. The van der Waals surface area contributed by atoms with Crippen LogP contribution in [0.2, 0.25) is 0 Å². The molecule has 4 rings (SSSR count). The van der Waals surface area contributed by atoms with E-state index in [1.807, 2.05) is 60.7 Å². The highest BCUT2D eigenvalue weighted by Gasteiger charge is 2.19. The van der Waals surface area contributed by atoms with Crippen LogP contribution in [0.4, 0.5) is 0 Å². The smallest absolute Gasteiger partial charge is 0.209 e. The summed E-state index contributed by atoms with van der Waals surface area (Å²) in [5.41, 5.74) is 3.45. The average Bonchev–Trinajstić information content (AvgIpc) is 4.16. The highest BCUT2D eigenvalue weighted by molar-refractivity contribution is 6.09. The van der Waals surface area contributed by atoms with Gasteiger partial charge >= 0.3 is 0 Å². The number of H-pyrrole nitrogens is 2. The number of ether oxygens (including phenoxy) is 4. The third-order valence-corrected chi connectivity index (χ3v) is 15.6. The highest BCUT2D eigenvalue weighted by atomic mass is 16.5.